The van der Waals surface area contributed by atoms with Crippen molar-refractivity contribution in [2.75, 3.05) is 5.32 Å². The Bertz CT molecular complexity index is 877. The molecule has 0 aliphatic carbocycles. The largest absolute Gasteiger partial charge is 0.332 e. The molecule has 0 bridgehead atoms. The second-order valence-electron chi connectivity index (χ2n) is 5.03. The van der Waals surface area contributed by atoms with E-state index in [-0.39, 0.29) is 11.0 Å². The Morgan fingerprint density at radius 3 is 2.50 bits per heavy atom. The third kappa shape index (κ3) is 3.82. The Labute approximate surface area is 150 Å². The average Bonchev–Trinajstić information content (AvgIpc) is 3.10. The van der Waals surface area contributed by atoms with Gasteiger partial charge in [-0.15, -0.1) is 0 Å². The SMILES string of the molecule is O=C(NC(=S)Nc1cccc(-n2cccc2)c1)c1ccccc1Cl. The topological polar surface area (TPSA) is 46.1 Å². The smallest absolute Gasteiger partial charge is 0.258 e. The molecule has 0 aliphatic heterocycles. The van der Waals surface area contributed by atoms with Crippen LogP contribution in [0.2, 0.25) is 5.02 Å². The quantitative estimate of drug-likeness (QED) is 0.690. The summed E-state index contributed by atoms with van der Waals surface area (Å²) in [6.45, 7) is 0. The molecule has 0 atom stereocenters. The van der Waals surface area contributed by atoms with Gasteiger partial charge >= 0.3 is 0 Å². The lowest BCUT2D eigenvalue weighted by Crippen LogP contribution is -2.34. The van der Waals surface area contributed by atoms with Crippen LogP contribution in [-0.4, -0.2) is 15.6 Å². The molecule has 6 heteroatoms. The first-order chi connectivity index (χ1) is 11.6. The molecule has 0 saturated carbocycles. The summed E-state index contributed by atoms with van der Waals surface area (Å²) in [5, 5.41) is 6.23. The van der Waals surface area contributed by atoms with Gasteiger partial charge in [0.2, 0.25) is 0 Å². The number of carbonyl (C=O) groups is 1. The molecule has 1 aromatic heterocycles. The van der Waals surface area contributed by atoms with E-state index in [1.165, 1.54) is 0 Å². The molecule has 0 unspecified atom stereocenters. The van der Waals surface area contributed by atoms with Crippen LogP contribution < -0.4 is 10.6 Å². The lowest BCUT2D eigenvalue weighted by atomic mass is 10.2. The molecular weight excluding hydrogens is 342 g/mol. The van der Waals surface area contributed by atoms with Crippen LogP contribution in [0.5, 0.6) is 0 Å². The zero-order valence-corrected chi connectivity index (χ0v) is 14.1. The fourth-order valence-corrected chi connectivity index (χ4v) is 2.66. The third-order valence-corrected chi connectivity index (χ3v) is 3.89. The summed E-state index contributed by atoms with van der Waals surface area (Å²) < 4.78 is 1.98. The van der Waals surface area contributed by atoms with Crippen molar-refractivity contribution >= 4 is 40.5 Å². The number of amides is 1. The van der Waals surface area contributed by atoms with E-state index in [0.29, 0.717) is 10.6 Å². The van der Waals surface area contributed by atoms with Crippen LogP contribution in [0.3, 0.4) is 0 Å². The minimum atomic E-state index is -0.348. The number of thiocarbonyl (C=S) groups is 1. The monoisotopic (exact) mass is 355 g/mol. The summed E-state index contributed by atoms with van der Waals surface area (Å²) in [6, 6.07) is 18.4. The first-order valence-corrected chi connectivity index (χ1v) is 8.02. The van der Waals surface area contributed by atoms with Gasteiger partial charge < -0.3 is 9.88 Å². The molecule has 0 fully saturated rings. The number of nitrogens with zero attached hydrogens (tertiary/aromatic N) is 1. The first-order valence-electron chi connectivity index (χ1n) is 7.24. The van der Waals surface area contributed by atoms with E-state index in [1.54, 1.807) is 24.3 Å². The Kier molecular flexibility index (Phi) is 4.93. The molecule has 0 radical (unpaired) electrons. The van der Waals surface area contributed by atoms with Gasteiger partial charge in [0.25, 0.3) is 5.91 Å². The van der Waals surface area contributed by atoms with Crippen LogP contribution in [0.4, 0.5) is 5.69 Å². The predicted molar refractivity (Wildman–Crippen MR) is 101 cm³/mol. The second kappa shape index (κ2) is 7.29. The molecule has 0 spiro atoms. The van der Waals surface area contributed by atoms with E-state index < -0.39 is 0 Å². The van der Waals surface area contributed by atoms with Crippen LogP contribution in [0.1, 0.15) is 10.4 Å². The van der Waals surface area contributed by atoms with Gasteiger partial charge in [-0.3, -0.25) is 10.1 Å². The van der Waals surface area contributed by atoms with Crippen molar-refractivity contribution in [2.24, 2.45) is 0 Å². The highest BCUT2D eigenvalue weighted by Gasteiger charge is 2.11. The molecule has 0 aliphatic rings. The molecule has 3 rings (SSSR count). The Morgan fingerprint density at radius 1 is 1.00 bits per heavy atom. The molecular formula is C18H14ClN3OS. The summed E-state index contributed by atoms with van der Waals surface area (Å²) in [5.74, 6) is -0.348. The number of aromatic nitrogens is 1. The molecule has 2 N–H and O–H groups in total. The number of hydrogen-bond donors (Lipinski definition) is 2. The second-order valence-corrected chi connectivity index (χ2v) is 5.84. The Hall–Kier alpha value is -2.63. The molecule has 1 heterocycles. The number of halogens is 1. The van der Waals surface area contributed by atoms with E-state index in [1.807, 2.05) is 53.4 Å². The standard InChI is InChI=1S/C18H14ClN3OS/c19-16-9-2-1-8-15(16)17(23)21-18(24)20-13-6-5-7-14(12-13)22-10-3-4-11-22/h1-12H,(H2,20,21,23,24). The maximum atomic E-state index is 12.2. The summed E-state index contributed by atoms with van der Waals surface area (Å²) in [6.07, 6.45) is 3.91. The Morgan fingerprint density at radius 2 is 1.75 bits per heavy atom. The highest BCUT2D eigenvalue weighted by atomic mass is 35.5. The van der Waals surface area contributed by atoms with Crippen LogP contribution in [0.25, 0.3) is 5.69 Å². The van der Waals surface area contributed by atoms with Crippen molar-refractivity contribution < 1.29 is 4.79 Å². The minimum absolute atomic E-state index is 0.213. The van der Waals surface area contributed by atoms with Crippen molar-refractivity contribution in [3.63, 3.8) is 0 Å². The predicted octanol–water partition coefficient (Wildman–Crippen LogP) is 4.26. The van der Waals surface area contributed by atoms with Gasteiger partial charge in [0, 0.05) is 23.8 Å². The number of hydrogen-bond acceptors (Lipinski definition) is 2. The van der Waals surface area contributed by atoms with Gasteiger partial charge in [0.15, 0.2) is 5.11 Å². The lowest BCUT2D eigenvalue weighted by Gasteiger charge is -2.11. The highest BCUT2D eigenvalue weighted by Crippen LogP contribution is 2.16. The van der Waals surface area contributed by atoms with Crippen LogP contribution in [0, 0.1) is 0 Å². The van der Waals surface area contributed by atoms with Crippen molar-refractivity contribution in [1.29, 1.82) is 0 Å². The summed E-state index contributed by atoms with van der Waals surface area (Å²) >= 11 is 11.2. The van der Waals surface area contributed by atoms with Gasteiger partial charge in [-0.2, -0.15) is 0 Å². The van der Waals surface area contributed by atoms with Crippen molar-refractivity contribution in [3.05, 3.63) is 83.6 Å². The summed E-state index contributed by atoms with van der Waals surface area (Å²) in [5.41, 5.74) is 2.15. The summed E-state index contributed by atoms with van der Waals surface area (Å²) in [4.78, 5) is 12.2. The van der Waals surface area contributed by atoms with Crippen LogP contribution in [0.15, 0.2) is 73.1 Å². The van der Waals surface area contributed by atoms with E-state index in [0.717, 1.165) is 11.4 Å². The van der Waals surface area contributed by atoms with E-state index in [2.05, 4.69) is 10.6 Å². The number of benzene rings is 2. The summed E-state index contributed by atoms with van der Waals surface area (Å²) in [7, 11) is 0. The molecule has 1 amide bonds. The lowest BCUT2D eigenvalue weighted by molar-refractivity contribution is 0.0978. The molecule has 24 heavy (non-hydrogen) atoms. The van der Waals surface area contributed by atoms with Gasteiger partial charge in [0.1, 0.15) is 0 Å². The third-order valence-electron chi connectivity index (χ3n) is 3.35. The molecule has 4 nitrogen and oxygen atoms in total. The number of carbonyl (C=O) groups excluding carboxylic acids is 1. The average molecular weight is 356 g/mol. The number of anilines is 1. The Balaban J connectivity index is 1.68. The maximum Gasteiger partial charge on any atom is 0.258 e. The molecule has 0 saturated heterocycles. The fourth-order valence-electron chi connectivity index (χ4n) is 2.23. The van der Waals surface area contributed by atoms with Gasteiger partial charge in [-0.1, -0.05) is 29.8 Å². The number of nitrogens with one attached hydrogen (secondary N) is 2. The van der Waals surface area contributed by atoms with Crippen molar-refractivity contribution in [3.8, 4) is 5.69 Å². The van der Waals surface area contributed by atoms with E-state index >= 15 is 0 Å². The van der Waals surface area contributed by atoms with Gasteiger partial charge in [0.05, 0.1) is 10.6 Å². The fraction of sp³-hybridized carbons (Fsp3) is 0. The minimum Gasteiger partial charge on any atom is -0.332 e. The normalized spacial score (nSPS) is 10.2. The number of rotatable bonds is 3. The van der Waals surface area contributed by atoms with Crippen molar-refractivity contribution in [2.45, 2.75) is 0 Å². The van der Waals surface area contributed by atoms with E-state index in [9.17, 15) is 4.79 Å². The zero-order valence-electron chi connectivity index (χ0n) is 12.6. The zero-order chi connectivity index (χ0) is 16.9. The maximum absolute atomic E-state index is 12.2. The first kappa shape index (κ1) is 16.2. The van der Waals surface area contributed by atoms with Crippen LogP contribution >= 0.6 is 23.8 Å². The van der Waals surface area contributed by atoms with Crippen LogP contribution in [-0.2, 0) is 0 Å². The molecule has 3 aromatic rings. The highest BCUT2D eigenvalue weighted by molar-refractivity contribution is 7.80. The van der Waals surface area contributed by atoms with E-state index in [4.69, 9.17) is 23.8 Å². The molecule has 120 valence electrons. The van der Waals surface area contributed by atoms with Crippen molar-refractivity contribution in [1.82, 2.24) is 9.88 Å². The van der Waals surface area contributed by atoms with Gasteiger partial charge in [-0.25, -0.2) is 0 Å². The van der Waals surface area contributed by atoms with Gasteiger partial charge in [-0.05, 0) is 54.7 Å². The molecule has 2 aromatic carbocycles.